The lowest BCUT2D eigenvalue weighted by Crippen LogP contribution is -2.02. The van der Waals surface area contributed by atoms with E-state index in [4.69, 9.17) is 21.8 Å². The average molecular weight is 252 g/mol. The van der Waals surface area contributed by atoms with Crippen LogP contribution < -0.4 is 5.73 Å². The molecule has 0 aliphatic heterocycles. The number of hydrogen-bond acceptors (Lipinski definition) is 4. The molecule has 0 spiro atoms. The molecule has 0 radical (unpaired) electrons. The van der Waals surface area contributed by atoms with Crippen LogP contribution in [0, 0.1) is 0 Å². The molecule has 0 saturated heterocycles. The highest BCUT2D eigenvalue weighted by Gasteiger charge is 2.05. The van der Waals surface area contributed by atoms with Gasteiger partial charge in [0.25, 0.3) is 0 Å². The highest BCUT2D eigenvalue weighted by Crippen LogP contribution is 2.11. The van der Waals surface area contributed by atoms with Gasteiger partial charge in [-0.2, -0.15) is 0 Å². The monoisotopic (exact) mass is 251 g/mol. The van der Waals surface area contributed by atoms with Crippen molar-refractivity contribution in [2.75, 3.05) is 6.54 Å². The van der Waals surface area contributed by atoms with E-state index in [1.807, 2.05) is 24.3 Å². The van der Waals surface area contributed by atoms with Crippen molar-refractivity contribution < 1.29 is 4.42 Å². The lowest BCUT2D eigenvalue weighted by Gasteiger charge is -1.98. The van der Waals surface area contributed by atoms with Crippen LogP contribution in [0.15, 0.2) is 28.7 Å². The summed E-state index contributed by atoms with van der Waals surface area (Å²) in [5, 5.41) is 8.63. The lowest BCUT2D eigenvalue weighted by molar-refractivity contribution is 0.450. The maximum Gasteiger partial charge on any atom is 0.217 e. The van der Waals surface area contributed by atoms with Crippen molar-refractivity contribution in [1.29, 1.82) is 0 Å². The van der Waals surface area contributed by atoms with Crippen molar-refractivity contribution >= 4 is 11.6 Å². The molecule has 5 heteroatoms. The van der Waals surface area contributed by atoms with Crippen LogP contribution in [0.25, 0.3) is 0 Å². The SMILES string of the molecule is NCCc1nnc(CCc2ccc(Cl)cc2)o1. The van der Waals surface area contributed by atoms with Gasteiger partial charge in [-0.05, 0) is 24.1 Å². The van der Waals surface area contributed by atoms with Gasteiger partial charge in [-0.15, -0.1) is 10.2 Å². The number of nitrogens with two attached hydrogens (primary N) is 1. The summed E-state index contributed by atoms with van der Waals surface area (Å²) in [6, 6.07) is 7.76. The Balaban J connectivity index is 1.90. The van der Waals surface area contributed by atoms with Crippen LogP contribution in [0.4, 0.5) is 0 Å². The van der Waals surface area contributed by atoms with Crippen LogP contribution in [0.3, 0.4) is 0 Å². The Morgan fingerprint density at radius 3 is 2.29 bits per heavy atom. The average Bonchev–Trinajstić information content (AvgIpc) is 2.77. The zero-order chi connectivity index (χ0) is 12.1. The number of aryl methyl sites for hydroxylation is 2. The topological polar surface area (TPSA) is 64.9 Å². The Labute approximate surface area is 105 Å². The van der Waals surface area contributed by atoms with E-state index in [-0.39, 0.29) is 0 Å². The highest BCUT2D eigenvalue weighted by molar-refractivity contribution is 6.30. The fourth-order valence-corrected chi connectivity index (χ4v) is 1.64. The van der Waals surface area contributed by atoms with Gasteiger partial charge in [-0.1, -0.05) is 23.7 Å². The summed E-state index contributed by atoms with van der Waals surface area (Å²) in [5.74, 6) is 1.27. The molecule has 0 saturated carbocycles. The maximum atomic E-state index is 5.81. The molecule has 0 aliphatic carbocycles. The molecular formula is C12H14ClN3O. The number of halogens is 1. The van der Waals surface area contributed by atoms with E-state index >= 15 is 0 Å². The number of nitrogens with zero attached hydrogens (tertiary/aromatic N) is 2. The Morgan fingerprint density at radius 2 is 1.65 bits per heavy atom. The van der Waals surface area contributed by atoms with Crippen molar-refractivity contribution in [3.05, 3.63) is 46.6 Å². The quantitative estimate of drug-likeness (QED) is 0.883. The molecule has 0 aliphatic rings. The molecule has 17 heavy (non-hydrogen) atoms. The van der Waals surface area contributed by atoms with Gasteiger partial charge in [0.2, 0.25) is 11.8 Å². The van der Waals surface area contributed by atoms with Crippen molar-refractivity contribution in [2.45, 2.75) is 19.3 Å². The molecular weight excluding hydrogens is 238 g/mol. The molecule has 2 rings (SSSR count). The fraction of sp³-hybridized carbons (Fsp3) is 0.333. The molecule has 0 unspecified atom stereocenters. The molecule has 1 heterocycles. The Kier molecular flexibility index (Phi) is 4.12. The molecule has 0 atom stereocenters. The normalized spacial score (nSPS) is 10.7. The van der Waals surface area contributed by atoms with Gasteiger partial charge < -0.3 is 10.2 Å². The molecule has 0 fully saturated rings. The van der Waals surface area contributed by atoms with Crippen molar-refractivity contribution in [3.8, 4) is 0 Å². The molecule has 0 amide bonds. The molecule has 0 bridgehead atoms. The first-order valence-electron chi connectivity index (χ1n) is 5.53. The van der Waals surface area contributed by atoms with Crippen molar-refractivity contribution in [1.82, 2.24) is 10.2 Å². The summed E-state index contributed by atoms with van der Waals surface area (Å²) in [6.07, 6.45) is 2.23. The van der Waals surface area contributed by atoms with Crippen LogP contribution in [0.2, 0.25) is 5.02 Å². The van der Waals surface area contributed by atoms with Gasteiger partial charge in [0.15, 0.2) is 0 Å². The summed E-state index contributed by atoms with van der Waals surface area (Å²) >= 11 is 5.81. The van der Waals surface area contributed by atoms with Crippen LogP contribution in [-0.2, 0) is 19.3 Å². The minimum Gasteiger partial charge on any atom is -0.425 e. The predicted molar refractivity (Wildman–Crippen MR) is 65.9 cm³/mol. The largest absolute Gasteiger partial charge is 0.425 e. The van der Waals surface area contributed by atoms with Gasteiger partial charge in [-0.25, -0.2) is 0 Å². The zero-order valence-electron chi connectivity index (χ0n) is 9.40. The van der Waals surface area contributed by atoms with Crippen LogP contribution >= 0.6 is 11.6 Å². The van der Waals surface area contributed by atoms with E-state index in [1.54, 1.807) is 0 Å². The Hall–Kier alpha value is -1.39. The van der Waals surface area contributed by atoms with E-state index in [2.05, 4.69) is 10.2 Å². The van der Waals surface area contributed by atoms with E-state index in [1.165, 1.54) is 5.56 Å². The summed E-state index contributed by atoms with van der Waals surface area (Å²) < 4.78 is 5.44. The first-order valence-corrected chi connectivity index (χ1v) is 5.91. The van der Waals surface area contributed by atoms with Crippen LogP contribution in [-0.4, -0.2) is 16.7 Å². The molecule has 2 N–H and O–H groups in total. The second-order valence-corrected chi connectivity index (χ2v) is 4.19. The second-order valence-electron chi connectivity index (χ2n) is 3.75. The summed E-state index contributed by atoms with van der Waals surface area (Å²) in [7, 11) is 0. The molecule has 1 aromatic carbocycles. The standard InChI is InChI=1S/C12H14ClN3O/c13-10-4-1-9(2-5-10)3-6-11-15-16-12(17-11)7-8-14/h1-2,4-5H,3,6-8,14H2. The molecule has 1 aromatic heterocycles. The maximum absolute atomic E-state index is 5.81. The van der Waals surface area contributed by atoms with Crippen LogP contribution in [0.5, 0.6) is 0 Å². The minimum atomic E-state index is 0.527. The van der Waals surface area contributed by atoms with E-state index in [0.29, 0.717) is 24.7 Å². The third-order valence-corrected chi connectivity index (χ3v) is 2.66. The van der Waals surface area contributed by atoms with E-state index < -0.39 is 0 Å². The predicted octanol–water partition coefficient (Wildman–Crippen LogP) is 2.01. The summed E-state index contributed by atoms with van der Waals surface area (Å²) in [4.78, 5) is 0. The zero-order valence-corrected chi connectivity index (χ0v) is 10.2. The lowest BCUT2D eigenvalue weighted by atomic mass is 10.1. The first-order chi connectivity index (χ1) is 8.28. The number of hydrogen-bond donors (Lipinski definition) is 1. The van der Waals surface area contributed by atoms with Crippen molar-refractivity contribution in [2.24, 2.45) is 5.73 Å². The molecule has 2 aromatic rings. The van der Waals surface area contributed by atoms with Gasteiger partial charge in [0, 0.05) is 24.4 Å². The summed E-state index contributed by atoms with van der Waals surface area (Å²) in [5.41, 5.74) is 6.61. The van der Waals surface area contributed by atoms with E-state index in [0.717, 1.165) is 17.9 Å². The first kappa shape index (κ1) is 12.1. The smallest absolute Gasteiger partial charge is 0.217 e. The Morgan fingerprint density at radius 1 is 1.00 bits per heavy atom. The van der Waals surface area contributed by atoms with Crippen LogP contribution in [0.1, 0.15) is 17.3 Å². The van der Waals surface area contributed by atoms with Crippen molar-refractivity contribution in [3.63, 3.8) is 0 Å². The molecule has 4 nitrogen and oxygen atoms in total. The third kappa shape index (κ3) is 3.54. The van der Waals surface area contributed by atoms with Gasteiger partial charge in [0.1, 0.15) is 0 Å². The summed E-state index contributed by atoms with van der Waals surface area (Å²) in [6.45, 7) is 0.527. The highest BCUT2D eigenvalue weighted by atomic mass is 35.5. The number of aromatic nitrogens is 2. The van der Waals surface area contributed by atoms with Gasteiger partial charge >= 0.3 is 0 Å². The van der Waals surface area contributed by atoms with Gasteiger partial charge in [0.05, 0.1) is 0 Å². The van der Waals surface area contributed by atoms with Gasteiger partial charge in [-0.3, -0.25) is 0 Å². The number of rotatable bonds is 5. The minimum absolute atomic E-state index is 0.527. The Bertz CT molecular complexity index is 467. The van der Waals surface area contributed by atoms with E-state index in [9.17, 15) is 0 Å². The number of benzene rings is 1. The molecule has 90 valence electrons. The third-order valence-electron chi connectivity index (χ3n) is 2.41. The second kappa shape index (κ2) is 5.80. The fourth-order valence-electron chi connectivity index (χ4n) is 1.52.